The van der Waals surface area contributed by atoms with E-state index in [0.29, 0.717) is 32.5 Å². The molecule has 0 radical (unpaired) electrons. The van der Waals surface area contributed by atoms with Crippen LogP contribution in [0.25, 0.3) is 26.3 Å². The fourth-order valence-corrected chi connectivity index (χ4v) is 5.33. The zero-order chi connectivity index (χ0) is 21.5. The van der Waals surface area contributed by atoms with Crippen molar-refractivity contribution >= 4 is 39.0 Å². The van der Waals surface area contributed by atoms with Crippen molar-refractivity contribution in [2.24, 2.45) is 7.05 Å². The number of thiophene rings is 1. The van der Waals surface area contributed by atoms with Crippen molar-refractivity contribution in [3.8, 4) is 10.4 Å². The Hall–Kier alpha value is -3.23. The molecule has 0 bridgehead atoms. The quantitative estimate of drug-likeness (QED) is 0.305. The summed E-state index contributed by atoms with van der Waals surface area (Å²) >= 11 is 2.91. The molecule has 0 fully saturated rings. The minimum atomic E-state index is -0.118. The first-order valence-corrected chi connectivity index (χ1v) is 11.5. The van der Waals surface area contributed by atoms with Crippen LogP contribution >= 0.6 is 23.1 Å². The summed E-state index contributed by atoms with van der Waals surface area (Å²) in [6, 6.07) is 17.2. The molecule has 0 aliphatic rings. The Balaban J connectivity index is 1.49. The Bertz CT molecular complexity index is 1550. The van der Waals surface area contributed by atoms with Crippen molar-refractivity contribution in [3.63, 3.8) is 0 Å². The van der Waals surface area contributed by atoms with Gasteiger partial charge in [-0.15, -0.1) is 11.3 Å². The van der Waals surface area contributed by atoms with Crippen LogP contribution in [0.15, 0.2) is 75.5 Å². The Morgan fingerprint density at radius 1 is 1.03 bits per heavy atom. The van der Waals surface area contributed by atoms with Gasteiger partial charge in [0.1, 0.15) is 10.5 Å². The van der Waals surface area contributed by atoms with Crippen LogP contribution in [0.2, 0.25) is 0 Å². The van der Waals surface area contributed by atoms with Gasteiger partial charge in [-0.3, -0.25) is 18.6 Å². The monoisotopic (exact) mass is 446 g/mol. The fraction of sp³-hybridized carbons (Fsp3) is 0.130. The average molecular weight is 447 g/mol. The Kier molecular flexibility index (Phi) is 4.95. The van der Waals surface area contributed by atoms with Gasteiger partial charge < -0.3 is 0 Å². The third kappa shape index (κ3) is 3.68. The van der Waals surface area contributed by atoms with Crippen molar-refractivity contribution in [1.82, 2.24) is 18.9 Å². The number of hydrogen-bond acceptors (Lipinski definition) is 6. The fourth-order valence-electron chi connectivity index (χ4n) is 3.39. The molecule has 0 aliphatic heterocycles. The lowest BCUT2D eigenvalue weighted by atomic mass is 10.2. The van der Waals surface area contributed by atoms with Gasteiger partial charge in [-0.05, 0) is 30.2 Å². The molecule has 0 atom stereocenters. The molecule has 0 amide bonds. The third-order valence-corrected chi connectivity index (χ3v) is 7.14. The van der Waals surface area contributed by atoms with Crippen LogP contribution in [0.4, 0.5) is 0 Å². The van der Waals surface area contributed by atoms with Crippen LogP contribution in [-0.2, 0) is 12.8 Å². The summed E-state index contributed by atoms with van der Waals surface area (Å²) in [7, 11) is 1.72. The molecular weight excluding hydrogens is 428 g/mol. The molecule has 0 aliphatic carbocycles. The van der Waals surface area contributed by atoms with Gasteiger partial charge in [0.15, 0.2) is 5.16 Å². The normalized spacial score (nSPS) is 11.4. The molecule has 0 spiro atoms. The lowest BCUT2D eigenvalue weighted by Crippen LogP contribution is -2.19. The van der Waals surface area contributed by atoms with Crippen LogP contribution in [0.5, 0.6) is 0 Å². The number of fused-ring (bicyclic) bond motifs is 2. The summed E-state index contributed by atoms with van der Waals surface area (Å²) < 4.78 is 3.10. The topological polar surface area (TPSA) is 69.3 Å². The van der Waals surface area contributed by atoms with Gasteiger partial charge in [-0.25, -0.2) is 9.97 Å². The lowest BCUT2D eigenvalue weighted by molar-refractivity contribution is 0.727. The molecule has 0 saturated heterocycles. The largest absolute Gasteiger partial charge is 0.290 e. The summed E-state index contributed by atoms with van der Waals surface area (Å²) in [6.45, 7) is 1.94. The molecule has 8 heteroatoms. The number of nitrogens with zero attached hydrogens (tertiary/aromatic N) is 4. The highest BCUT2D eigenvalue weighted by molar-refractivity contribution is 7.98. The standard InChI is InChI=1S/C23H18N4O2S2/c1-14-8-9-19-24-16(10-20(28)27(19)12-14)13-30-23-25-21-17(22(29)26(23)2)11-18(31-21)15-6-4-3-5-7-15/h3-12H,13H2,1-2H3. The second-order valence-electron chi connectivity index (χ2n) is 7.26. The number of thioether (sulfide) groups is 1. The molecule has 31 heavy (non-hydrogen) atoms. The minimum Gasteiger partial charge on any atom is -0.290 e. The van der Waals surface area contributed by atoms with Gasteiger partial charge in [0.05, 0.1) is 11.1 Å². The number of pyridine rings is 1. The summed E-state index contributed by atoms with van der Waals surface area (Å²) in [5.74, 6) is 0.447. The predicted octanol–water partition coefficient (Wildman–Crippen LogP) is 4.27. The second kappa shape index (κ2) is 7.79. The number of hydrogen-bond donors (Lipinski definition) is 0. The van der Waals surface area contributed by atoms with E-state index in [9.17, 15) is 9.59 Å². The van der Waals surface area contributed by atoms with Crippen LogP contribution in [0.3, 0.4) is 0 Å². The maximum Gasteiger partial charge on any atom is 0.262 e. The van der Waals surface area contributed by atoms with E-state index in [4.69, 9.17) is 4.98 Å². The molecular formula is C23H18N4O2S2. The first kappa shape index (κ1) is 19.7. The van der Waals surface area contributed by atoms with E-state index in [2.05, 4.69) is 4.98 Å². The Morgan fingerprint density at radius 3 is 2.65 bits per heavy atom. The maximum atomic E-state index is 12.9. The number of benzene rings is 1. The van der Waals surface area contributed by atoms with Crippen LogP contribution in [-0.4, -0.2) is 18.9 Å². The molecule has 154 valence electrons. The van der Waals surface area contributed by atoms with E-state index >= 15 is 0 Å². The third-order valence-electron chi connectivity index (χ3n) is 5.00. The van der Waals surface area contributed by atoms with Crippen LogP contribution in [0, 0.1) is 6.92 Å². The molecule has 4 heterocycles. The SMILES string of the molecule is Cc1ccc2nc(CSc3nc4sc(-c5ccccc5)cc4c(=O)n3C)cc(=O)n2c1. The summed E-state index contributed by atoms with van der Waals surface area (Å²) in [6.07, 6.45) is 1.78. The van der Waals surface area contributed by atoms with Gasteiger partial charge in [0.25, 0.3) is 11.1 Å². The number of rotatable bonds is 4. The smallest absolute Gasteiger partial charge is 0.262 e. The van der Waals surface area contributed by atoms with E-state index in [0.717, 1.165) is 16.0 Å². The molecule has 5 aromatic rings. The van der Waals surface area contributed by atoms with Crippen molar-refractivity contribution in [2.75, 3.05) is 0 Å². The Morgan fingerprint density at radius 2 is 1.84 bits per heavy atom. The molecule has 0 N–H and O–H groups in total. The van der Waals surface area contributed by atoms with Crippen molar-refractivity contribution in [2.45, 2.75) is 17.8 Å². The average Bonchev–Trinajstić information content (AvgIpc) is 3.21. The molecule has 0 unspecified atom stereocenters. The highest BCUT2D eigenvalue weighted by Crippen LogP contribution is 2.32. The number of aromatic nitrogens is 4. The van der Waals surface area contributed by atoms with E-state index < -0.39 is 0 Å². The van der Waals surface area contributed by atoms with E-state index in [-0.39, 0.29) is 11.1 Å². The summed E-state index contributed by atoms with van der Waals surface area (Å²) in [5, 5.41) is 1.22. The highest BCUT2D eigenvalue weighted by atomic mass is 32.2. The first-order chi connectivity index (χ1) is 15.0. The van der Waals surface area contributed by atoms with E-state index in [1.54, 1.807) is 22.2 Å². The highest BCUT2D eigenvalue weighted by Gasteiger charge is 2.14. The zero-order valence-electron chi connectivity index (χ0n) is 16.9. The second-order valence-corrected chi connectivity index (χ2v) is 9.24. The molecule has 6 nitrogen and oxygen atoms in total. The summed E-state index contributed by atoms with van der Waals surface area (Å²) in [5.41, 5.74) is 3.14. The van der Waals surface area contributed by atoms with E-state index in [1.807, 2.05) is 55.5 Å². The van der Waals surface area contributed by atoms with Crippen molar-refractivity contribution in [3.05, 3.63) is 92.8 Å². The summed E-state index contributed by atoms with van der Waals surface area (Å²) in [4.78, 5) is 36.4. The molecule has 4 aromatic heterocycles. The molecule has 5 rings (SSSR count). The van der Waals surface area contributed by atoms with Crippen molar-refractivity contribution < 1.29 is 0 Å². The molecule has 0 saturated carbocycles. The van der Waals surface area contributed by atoms with Gasteiger partial charge >= 0.3 is 0 Å². The van der Waals surface area contributed by atoms with Gasteiger partial charge in [-0.2, -0.15) is 0 Å². The predicted molar refractivity (Wildman–Crippen MR) is 126 cm³/mol. The first-order valence-electron chi connectivity index (χ1n) is 9.67. The van der Waals surface area contributed by atoms with Crippen LogP contribution < -0.4 is 11.1 Å². The molecule has 1 aromatic carbocycles. The van der Waals surface area contributed by atoms with Gasteiger partial charge in [0, 0.05) is 29.9 Å². The number of aryl methyl sites for hydroxylation is 1. The van der Waals surface area contributed by atoms with Gasteiger partial charge in [-0.1, -0.05) is 48.2 Å². The maximum absolute atomic E-state index is 12.9. The minimum absolute atomic E-state index is 0.0760. The van der Waals surface area contributed by atoms with Gasteiger partial charge in [0.2, 0.25) is 0 Å². The zero-order valence-corrected chi connectivity index (χ0v) is 18.5. The van der Waals surface area contributed by atoms with Crippen LogP contribution in [0.1, 0.15) is 11.3 Å². The van der Waals surface area contributed by atoms with E-state index in [1.165, 1.54) is 29.2 Å². The van der Waals surface area contributed by atoms with Crippen molar-refractivity contribution in [1.29, 1.82) is 0 Å². The Labute approximate surface area is 185 Å². The lowest BCUT2D eigenvalue weighted by Gasteiger charge is -2.07.